The van der Waals surface area contributed by atoms with Crippen molar-refractivity contribution in [3.63, 3.8) is 0 Å². The lowest BCUT2D eigenvalue weighted by Gasteiger charge is -2.28. The summed E-state index contributed by atoms with van der Waals surface area (Å²) < 4.78 is 0. The van der Waals surface area contributed by atoms with Gasteiger partial charge in [0.2, 0.25) is 0 Å². The molecule has 0 N–H and O–H groups in total. The van der Waals surface area contributed by atoms with Crippen LogP contribution < -0.4 is 0 Å². The SMILES string of the molecule is Cc1ccc(C(=O)C2(CC(C)C)CCCC2)s1. The van der Waals surface area contributed by atoms with E-state index in [0.717, 1.165) is 24.1 Å². The van der Waals surface area contributed by atoms with Crippen LogP contribution in [0.3, 0.4) is 0 Å². The van der Waals surface area contributed by atoms with Gasteiger partial charge >= 0.3 is 0 Å². The van der Waals surface area contributed by atoms with E-state index in [0.29, 0.717) is 11.7 Å². The predicted molar refractivity (Wildman–Crippen MR) is 73.7 cm³/mol. The van der Waals surface area contributed by atoms with Gasteiger partial charge in [-0.15, -0.1) is 11.3 Å². The second-order valence-electron chi connectivity index (χ2n) is 5.82. The highest BCUT2D eigenvalue weighted by Crippen LogP contribution is 2.46. The largest absolute Gasteiger partial charge is 0.293 e. The van der Waals surface area contributed by atoms with E-state index in [1.807, 2.05) is 6.07 Å². The van der Waals surface area contributed by atoms with Crippen LogP contribution in [-0.2, 0) is 0 Å². The van der Waals surface area contributed by atoms with Gasteiger partial charge in [-0.1, -0.05) is 26.7 Å². The highest BCUT2D eigenvalue weighted by molar-refractivity contribution is 7.14. The van der Waals surface area contributed by atoms with Crippen LogP contribution in [0, 0.1) is 18.3 Å². The number of rotatable bonds is 4. The lowest BCUT2D eigenvalue weighted by Crippen LogP contribution is -2.29. The van der Waals surface area contributed by atoms with Crippen molar-refractivity contribution in [3.8, 4) is 0 Å². The molecular formula is C15H22OS. The first-order chi connectivity index (χ1) is 8.03. The van der Waals surface area contributed by atoms with Crippen molar-refractivity contribution in [2.75, 3.05) is 0 Å². The average Bonchev–Trinajstić information content (AvgIpc) is 2.86. The van der Waals surface area contributed by atoms with Gasteiger partial charge in [0.1, 0.15) is 0 Å². The van der Waals surface area contributed by atoms with Crippen LogP contribution in [0.4, 0.5) is 0 Å². The summed E-state index contributed by atoms with van der Waals surface area (Å²) in [5.41, 5.74) is -0.0362. The topological polar surface area (TPSA) is 17.1 Å². The van der Waals surface area contributed by atoms with Gasteiger partial charge in [0.05, 0.1) is 4.88 Å². The molecule has 0 aliphatic heterocycles. The number of Topliss-reactive ketones (excluding diaryl/α,β-unsaturated/α-hetero) is 1. The molecule has 1 aromatic heterocycles. The molecule has 1 nitrogen and oxygen atoms in total. The third-order valence-corrected chi connectivity index (χ3v) is 4.80. The lowest BCUT2D eigenvalue weighted by atomic mass is 9.74. The number of carbonyl (C=O) groups excluding carboxylic acids is 1. The van der Waals surface area contributed by atoms with Crippen molar-refractivity contribution in [1.82, 2.24) is 0 Å². The standard InChI is InChI=1S/C15H22OS/c1-11(2)10-15(8-4-5-9-15)14(16)13-7-6-12(3)17-13/h6-7,11H,4-5,8-10H2,1-3H3. The second-order valence-corrected chi connectivity index (χ2v) is 7.11. The Morgan fingerprint density at radius 3 is 2.47 bits per heavy atom. The number of hydrogen-bond acceptors (Lipinski definition) is 2. The Balaban J connectivity index is 2.24. The van der Waals surface area contributed by atoms with Crippen molar-refractivity contribution < 1.29 is 4.79 Å². The summed E-state index contributed by atoms with van der Waals surface area (Å²) in [5.74, 6) is 1.03. The molecule has 94 valence electrons. The maximum atomic E-state index is 12.7. The molecule has 0 amide bonds. The zero-order valence-corrected chi connectivity index (χ0v) is 11.9. The molecule has 0 saturated heterocycles. The molecule has 1 saturated carbocycles. The van der Waals surface area contributed by atoms with E-state index in [1.165, 1.54) is 17.7 Å². The van der Waals surface area contributed by atoms with Crippen LogP contribution in [0.2, 0.25) is 0 Å². The van der Waals surface area contributed by atoms with Gasteiger partial charge in [-0.3, -0.25) is 4.79 Å². The van der Waals surface area contributed by atoms with Crippen molar-refractivity contribution in [1.29, 1.82) is 0 Å². The van der Waals surface area contributed by atoms with E-state index in [9.17, 15) is 4.79 Å². The first-order valence-corrected chi connectivity index (χ1v) is 7.46. The minimum Gasteiger partial charge on any atom is -0.293 e. The first-order valence-electron chi connectivity index (χ1n) is 6.65. The van der Waals surface area contributed by atoms with Crippen molar-refractivity contribution >= 4 is 17.1 Å². The normalized spacial score (nSPS) is 18.8. The Morgan fingerprint density at radius 1 is 1.35 bits per heavy atom. The molecule has 1 aliphatic carbocycles. The third kappa shape index (κ3) is 2.62. The van der Waals surface area contributed by atoms with E-state index in [-0.39, 0.29) is 5.41 Å². The molecule has 2 heteroatoms. The van der Waals surface area contributed by atoms with E-state index in [1.54, 1.807) is 11.3 Å². The van der Waals surface area contributed by atoms with Gasteiger partial charge in [0, 0.05) is 10.3 Å². The summed E-state index contributed by atoms with van der Waals surface area (Å²) in [6.45, 7) is 6.53. The van der Waals surface area contributed by atoms with Crippen LogP contribution in [0.15, 0.2) is 12.1 Å². The van der Waals surface area contributed by atoms with Crippen molar-refractivity contribution in [2.24, 2.45) is 11.3 Å². The van der Waals surface area contributed by atoms with E-state index in [4.69, 9.17) is 0 Å². The number of thiophene rings is 1. The molecule has 1 aliphatic rings. The monoisotopic (exact) mass is 250 g/mol. The van der Waals surface area contributed by atoms with E-state index < -0.39 is 0 Å². The number of aryl methyl sites for hydroxylation is 1. The molecule has 0 bridgehead atoms. The molecule has 17 heavy (non-hydrogen) atoms. The summed E-state index contributed by atoms with van der Waals surface area (Å²) in [6.07, 6.45) is 5.70. The minimum absolute atomic E-state index is 0.0362. The lowest BCUT2D eigenvalue weighted by molar-refractivity contribution is 0.0764. The fourth-order valence-electron chi connectivity index (χ4n) is 3.18. The molecule has 0 radical (unpaired) electrons. The molecular weight excluding hydrogens is 228 g/mol. The first kappa shape index (κ1) is 12.8. The second kappa shape index (κ2) is 4.93. The summed E-state index contributed by atoms with van der Waals surface area (Å²) in [7, 11) is 0. The number of hydrogen-bond donors (Lipinski definition) is 0. The summed E-state index contributed by atoms with van der Waals surface area (Å²) in [5, 5.41) is 0. The van der Waals surface area contributed by atoms with Gasteiger partial charge in [0.15, 0.2) is 5.78 Å². The Morgan fingerprint density at radius 2 is 2.00 bits per heavy atom. The molecule has 1 aromatic rings. The fourth-order valence-corrected chi connectivity index (χ4v) is 4.10. The molecule has 2 rings (SSSR count). The van der Waals surface area contributed by atoms with Crippen molar-refractivity contribution in [2.45, 2.75) is 52.9 Å². The van der Waals surface area contributed by atoms with E-state index >= 15 is 0 Å². The highest BCUT2D eigenvalue weighted by atomic mass is 32.1. The number of ketones is 1. The predicted octanol–water partition coefficient (Wildman–Crippen LogP) is 4.85. The quantitative estimate of drug-likeness (QED) is 0.698. The minimum atomic E-state index is -0.0362. The van der Waals surface area contributed by atoms with Crippen molar-refractivity contribution in [3.05, 3.63) is 21.9 Å². The van der Waals surface area contributed by atoms with Gasteiger partial charge in [-0.05, 0) is 44.2 Å². The average molecular weight is 250 g/mol. The zero-order chi connectivity index (χ0) is 12.5. The Bertz CT molecular complexity index is 397. The summed E-state index contributed by atoms with van der Waals surface area (Å²) in [6, 6.07) is 4.08. The Labute approximate surface area is 108 Å². The van der Waals surface area contributed by atoms with Gasteiger partial charge in [-0.2, -0.15) is 0 Å². The maximum Gasteiger partial charge on any atom is 0.178 e. The van der Waals surface area contributed by atoms with Gasteiger partial charge in [0.25, 0.3) is 0 Å². The smallest absolute Gasteiger partial charge is 0.178 e. The molecule has 1 heterocycles. The number of carbonyl (C=O) groups is 1. The van der Waals surface area contributed by atoms with Gasteiger partial charge in [-0.25, -0.2) is 0 Å². The molecule has 0 atom stereocenters. The van der Waals surface area contributed by atoms with E-state index in [2.05, 4.69) is 26.8 Å². The summed E-state index contributed by atoms with van der Waals surface area (Å²) >= 11 is 1.66. The molecule has 0 aromatic carbocycles. The highest BCUT2D eigenvalue weighted by Gasteiger charge is 2.41. The Kier molecular flexibility index (Phi) is 3.72. The molecule has 1 fully saturated rings. The maximum absolute atomic E-state index is 12.7. The van der Waals surface area contributed by atoms with Crippen LogP contribution in [0.5, 0.6) is 0 Å². The third-order valence-electron chi connectivity index (χ3n) is 3.81. The molecule has 0 spiro atoms. The zero-order valence-electron chi connectivity index (χ0n) is 11.1. The van der Waals surface area contributed by atoms with Crippen LogP contribution in [0.25, 0.3) is 0 Å². The molecule has 0 unspecified atom stereocenters. The fraction of sp³-hybridized carbons (Fsp3) is 0.667. The van der Waals surface area contributed by atoms with Crippen LogP contribution in [-0.4, -0.2) is 5.78 Å². The van der Waals surface area contributed by atoms with Gasteiger partial charge < -0.3 is 0 Å². The summed E-state index contributed by atoms with van der Waals surface area (Å²) in [4.78, 5) is 14.9. The Hall–Kier alpha value is -0.630. The van der Waals surface area contributed by atoms with Crippen LogP contribution in [0.1, 0.15) is 60.5 Å². The van der Waals surface area contributed by atoms with Crippen LogP contribution >= 0.6 is 11.3 Å².